The molecule has 0 aliphatic heterocycles. The summed E-state index contributed by atoms with van der Waals surface area (Å²) in [5, 5.41) is 3.99. The second-order valence-corrected chi connectivity index (χ2v) is 6.00. The summed E-state index contributed by atoms with van der Waals surface area (Å²) in [6.07, 6.45) is 0.438. The molecule has 0 bridgehead atoms. The zero-order valence-corrected chi connectivity index (χ0v) is 13.4. The molecule has 0 atom stereocenters. The van der Waals surface area contributed by atoms with E-state index in [1.165, 1.54) is 11.3 Å². The molecule has 0 spiro atoms. The van der Waals surface area contributed by atoms with Crippen LogP contribution in [0.4, 0.5) is 0 Å². The molecule has 0 unspecified atom stereocenters. The van der Waals surface area contributed by atoms with Gasteiger partial charge in [-0.25, -0.2) is 4.98 Å². The minimum atomic E-state index is -0.249. The predicted octanol–water partition coefficient (Wildman–Crippen LogP) is 2.74. The maximum Gasteiger partial charge on any atom is 0.279 e. The number of benzene rings is 1. The van der Waals surface area contributed by atoms with Crippen LogP contribution >= 0.6 is 11.3 Å². The Labute approximate surface area is 137 Å². The van der Waals surface area contributed by atoms with Gasteiger partial charge in [0.1, 0.15) is 5.01 Å². The first-order valence-electron chi connectivity index (χ1n) is 7.30. The topological polar surface area (TPSA) is 72.0 Å². The van der Waals surface area contributed by atoms with Gasteiger partial charge in [0.25, 0.3) is 5.56 Å². The van der Waals surface area contributed by atoms with Crippen LogP contribution in [0.1, 0.15) is 19.0 Å². The lowest BCUT2D eigenvalue weighted by atomic mass is 10.3. The van der Waals surface area contributed by atoms with Crippen molar-refractivity contribution < 1.29 is 4.79 Å². The standard InChI is InChI=1S/C17H15N3O2S/c1-2-15(21)18-10-11-6-5-8-13(19-11)17-20-16(22)12-7-3-4-9-14(12)23-17/h3-9H,2,10H2,1H3,(H,18,21). The molecule has 0 fully saturated rings. The Morgan fingerprint density at radius 1 is 1.13 bits per heavy atom. The first-order valence-corrected chi connectivity index (χ1v) is 8.12. The van der Waals surface area contributed by atoms with E-state index in [0.29, 0.717) is 29.1 Å². The van der Waals surface area contributed by atoms with Crippen LogP contribution in [0.5, 0.6) is 0 Å². The Hall–Kier alpha value is -2.60. The van der Waals surface area contributed by atoms with Gasteiger partial charge in [0.05, 0.1) is 23.3 Å². The van der Waals surface area contributed by atoms with Crippen LogP contribution in [0, 0.1) is 0 Å². The molecule has 2 aromatic heterocycles. The molecule has 0 aliphatic carbocycles. The highest BCUT2D eigenvalue weighted by Gasteiger charge is 2.08. The van der Waals surface area contributed by atoms with E-state index in [1.54, 1.807) is 13.0 Å². The molecule has 3 aromatic rings. The summed E-state index contributed by atoms with van der Waals surface area (Å²) in [4.78, 5) is 32.1. The number of carbonyl (C=O) groups excluding carboxylic acids is 1. The average molecular weight is 325 g/mol. The van der Waals surface area contributed by atoms with Crippen LogP contribution in [0.3, 0.4) is 0 Å². The van der Waals surface area contributed by atoms with E-state index < -0.39 is 0 Å². The van der Waals surface area contributed by atoms with Gasteiger partial charge in [0.15, 0.2) is 0 Å². The Bertz CT molecular complexity index is 921. The normalized spacial score (nSPS) is 10.7. The number of hydrogen-bond acceptors (Lipinski definition) is 5. The second kappa shape index (κ2) is 6.66. The van der Waals surface area contributed by atoms with Crippen LogP contribution in [0.2, 0.25) is 0 Å². The van der Waals surface area contributed by atoms with E-state index >= 15 is 0 Å². The van der Waals surface area contributed by atoms with Gasteiger partial charge < -0.3 is 5.32 Å². The lowest BCUT2D eigenvalue weighted by Gasteiger charge is -2.05. The number of rotatable bonds is 4. The smallest absolute Gasteiger partial charge is 0.279 e. The van der Waals surface area contributed by atoms with Gasteiger partial charge >= 0.3 is 0 Å². The number of nitrogens with one attached hydrogen (secondary N) is 1. The molecule has 1 amide bonds. The van der Waals surface area contributed by atoms with E-state index in [1.807, 2.05) is 36.4 Å². The molecule has 0 aliphatic rings. The van der Waals surface area contributed by atoms with Crippen LogP contribution in [-0.2, 0) is 11.3 Å². The first-order chi connectivity index (χ1) is 11.2. The molecule has 23 heavy (non-hydrogen) atoms. The van der Waals surface area contributed by atoms with Crippen LogP contribution in [-0.4, -0.2) is 15.9 Å². The summed E-state index contributed by atoms with van der Waals surface area (Å²) in [5.74, 6) is -0.0225. The molecule has 0 radical (unpaired) electrons. The molecule has 3 rings (SSSR count). The van der Waals surface area contributed by atoms with Crippen molar-refractivity contribution in [2.75, 3.05) is 0 Å². The van der Waals surface area contributed by atoms with Gasteiger partial charge in [-0.15, -0.1) is 11.3 Å². The number of hydrogen-bond donors (Lipinski definition) is 1. The fraction of sp³-hybridized carbons (Fsp3) is 0.176. The third kappa shape index (κ3) is 3.43. The second-order valence-electron chi connectivity index (χ2n) is 4.96. The predicted molar refractivity (Wildman–Crippen MR) is 91.3 cm³/mol. The average Bonchev–Trinajstić information content (AvgIpc) is 2.60. The van der Waals surface area contributed by atoms with Crippen molar-refractivity contribution in [2.24, 2.45) is 0 Å². The van der Waals surface area contributed by atoms with Gasteiger partial charge in [-0.3, -0.25) is 9.59 Å². The summed E-state index contributed by atoms with van der Waals surface area (Å²) in [6, 6.07) is 12.9. The largest absolute Gasteiger partial charge is 0.350 e. The third-order valence-corrected chi connectivity index (χ3v) is 4.41. The Kier molecular flexibility index (Phi) is 4.43. The van der Waals surface area contributed by atoms with Crippen molar-refractivity contribution in [3.8, 4) is 10.7 Å². The van der Waals surface area contributed by atoms with Crippen LogP contribution in [0.25, 0.3) is 20.8 Å². The molecular formula is C17H15N3O2S. The Morgan fingerprint density at radius 3 is 2.78 bits per heavy atom. The fourth-order valence-electron chi connectivity index (χ4n) is 2.13. The highest BCUT2D eigenvalue weighted by Crippen LogP contribution is 2.24. The van der Waals surface area contributed by atoms with Gasteiger partial charge in [0.2, 0.25) is 5.91 Å². The Morgan fingerprint density at radius 2 is 1.96 bits per heavy atom. The van der Waals surface area contributed by atoms with Crippen molar-refractivity contribution in [2.45, 2.75) is 19.9 Å². The molecule has 0 saturated carbocycles. The van der Waals surface area contributed by atoms with E-state index in [4.69, 9.17) is 0 Å². The SMILES string of the molecule is CCC(=O)NCc1cccc(-c2nc(=O)c3ccccc3s2)n1. The van der Waals surface area contributed by atoms with E-state index in [2.05, 4.69) is 15.3 Å². The van der Waals surface area contributed by atoms with Gasteiger partial charge in [-0.05, 0) is 24.3 Å². The van der Waals surface area contributed by atoms with Crippen molar-refractivity contribution in [1.29, 1.82) is 0 Å². The molecular weight excluding hydrogens is 310 g/mol. The summed E-state index contributed by atoms with van der Waals surface area (Å²) in [6.45, 7) is 2.17. The lowest BCUT2D eigenvalue weighted by Crippen LogP contribution is -2.22. The summed E-state index contributed by atoms with van der Waals surface area (Å²) < 4.78 is 0.883. The van der Waals surface area contributed by atoms with E-state index in [9.17, 15) is 9.59 Å². The van der Waals surface area contributed by atoms with Crippen LogP contribution in [0.15, 0.2) is 47.3 Å². The molecule has 1 N–H and O–H groups in total. The molecule has 2 heterocycles. The van der Waals surface area contributed by atoms with Crippen molar-refractivity contribution in [3.63, 3.8) is 0 Å². The van der Waals surface area contributed by atoms with Gasteiger partial charge in [-0.2, -0.15) is 4.98 Å². The zero-order valence-electron chi connectivity index (χ0n) is 12.6. The summed E-state index contributed by atoms with van der Waals surface area (Å²) in [7, 11) is 0. The quantitative estimate of drug-likeness (QED) is 0.800. The number of pyridine rings is 1. The maximum atomic E-state index is 12.1. The molecule has 0 saturated heterocycles. The maximum absolute atomic E-state index is 12.1. The Balaban J connectivity index is 1.95. The molecule has 6 heteroatoms. The van der Waals surface area contributed by atoms with Crippen molar-refractivity contribution in [3.05, 3.63) is 58.5 Å². The summed E-state index contributed by atoms with van der Waals surface area (Å²) >= 11 is 1.43. The number of aromatic nitrogens is 2. The first kappa shape index (κ1) is 15.3. The van der Waals surface area contributed by atoms with E-state index in [0.717, 1.165) is 10.4 Å². The third-order valence-electron chi connectivity index (χ3n) is 3.34. The van der Waals surface area contributed by atoms with Gasteiger partial charge in [0, 0.05) is 11.1 Å². The molecule has 116 valence electrons. The number of fused-ring (bicyclic) bond motifs is 1. The van der Waals surface area contributed by atoms with E-state index in [-0.39, 0.29) is 11.5 Å². The van der Waals surface area contributed by atoms with Crippen LogP contribution < -0.4 is 10.9 Å². The van der Waals surface area contributed by atoms with Crippen molar-refractivity contribution >= 4 is 27.3 Å². The fourth-order valence-corrected chi connectivity index (χ4v) is 3.10. The van der Waals surface area contributed by atoms with Gasteiger partial charge in [-0.1, -0.05) is 25.1 Å². The molecule has 5 nitrogen and oxygen atoms in total. The minimum Gasteiger partial charge on any atom is -0.350 e. The van der Waals surface area contributed by atoms with Crippen molar-refractivity contribution in [1.82, 2.24) is 15.3 Å². The lowest BCUT2D eigenvalue weighted by molar-refractivity contribution is -0.120. The number of amides is 1. The molecule has 1 aromatic carbocycles. The minimum absolute atomic E-state index is 0.0225. The monoisotopic (exact) mass is 325 g/mol. The number of carbonyl (C=O) groups is 1. The highest BCUT2D eigenvalue weighted by molar-refractivity contribution is 7.21. The zero-order chi connectivity index (χ0) is 16.2. The highest BCUT2D eigenvalue weighted by atomic mass is 32.1. The number of nitrogens with zero attached hydrogens (tertiary/aromatic N) is 2. The summed E-state index contributed by atoms with van der Waals surface area (Å²) in [5.41, 5.74) is 1.13.